The minimum Gasteiger partial charge on any atom is -0.357 e. The van der Waals surface area contributed by atoms with Crippen molar-refractivity contribution < 1.29 is 8.42 Å². The lowest BCUT2D eigenvalue weighted by atomic mass is 9.99. The highest BCUT2D eigenvalue weighted by atomic mass is 32.2. The van der Waals surface area contributed by atoms with Crippen molar-refractivity contribution in [2.24, 2.45) is 5.92 Å². The maximum absolute atomic E-state index is 11.5. The summed E-state index contributed by atoms with van der Waals surface area (Å²) in [4.78, 5) is 15.0. The number of benzene rings is 1. The van der Waals surface area contributed by atoms with Gasteiger partial charge in [-0.25, -0.2) is 18.4 Å². The molecule has 0 aliphatic carbocycles. The quantitative estimate of drug-likeness (QED) is 0.747. The van der Waals surface area contributed by atoms with Crippen LogP contribution in [0.2, 0.25) is 0 Å². The van der Waals surface area contributed by atoms with E-state index >= 15 is 0 Å². The van der Waals surface area contributed by atoms with Crippen molar-refractivity contribution in [1.29, 1.82) is 0 Å². The Kier molecular flexibility index (Phi) is 4.63. The Balaban J connectivity index is 1.56. The number of aromatic nitrogens is 3. The van der Waals surface area contributed by atoms with E-state index in [2.05, 4.69) is 20.9 Å². The van der Waals surface area contributed by atoms with Crippen LogP contribution in [-0.4, -0.2) is 48.5 Å². The predicted molar refractivity (Wildman–Crippen MR) is 109 cm³/mol. The fraction of sp³-hybridized carbons (Fsp3) is 0.400. The first-order valence-electron chi connectivity index (χ1n) is 9.23. The van der Waals surface area contributed by atoms with Gasteiger partial charge in [-0.2, -0.15) is 0 Å². The minimum atomic E-state index is -2.91. The molecule has 3 heterocycles. The molecule has 6 nitrogen and oxygen atoms in total. The van der Waals surface area contributed by atoms with Crippen LogP contribution >= 0.6 is 0 Å². The van der Waals surface area contributed by atoms with Gasteiger partial charge in [-0.1, -0.05) is 12.1 Å². The summed E-state index contributed by atoms with van der Waals surface area (Å²) in [6.07, 6.45) is 4.96. The third-order valence-electron chi connectivity index (χ3n) is 5.21. The van der Waals surface area contributed by atoms with Gasteiger partial charge in [0.1, 0.15) is 21.5 Å². The van der Waals surface area contributed by atoms with Crippen LogP contribution in [0.4, 0.5) is 5.82 Å². The SMILES string of the molecule is Cc1cnc(N2CCC(CS(C)(=O)=O)CC2)cc1-c1nc2ccccc2[nH]1. The molecule has 0 spiro atoms. The van der Waals surface area contributed by atoms with Gasteiger partial charge >= 0.3 is 0 Å². The highest BCUT2D eigenvalue weighted by molar-refractivity contribution is 7.90. The largest absolute Gasteiger partial charge is 0.357 e. The third-order valence-corrected chi connectivity index (χ3v) is 6.29. The molecule has 0 radical (unpaired) electrons. The third kappa shape index (κ3) is 3.98. The number of rotatable bonds is 4. The summed E-state index contributed by atoms with van der Waals surface area (Å²) in [6, 6.07) is 10.1. The van der Waals surface area contributed by atoms with Crippen LogP contribution in [0.25, 0.3) is 22.4 Å². The number of imidazole rings is 1. The van der Waals surface area contributed by atoms with Crippen molar-refractivity contribution in [2.75, 3.05) is 30.0 Å². The lowest BCUT2D eigenvalue weighted by Gasteiger charge is -2.32. The summed E-state index contributed by atoms with van der Waals surface area (Å²) in [7, 11) is -2.91. The molecule has 3 aromatic rings. The van der Waals surface area contributed by atoms with E-state index in [4.69, 9.17) is 4.98 Å². The number of aromatic amines is 1. The molecule has 0 unspecified atom stereocenters. The minimum absolute atomic E-state index is 0.247. The molecular formula is C20H24N4O2S. The van der Waals surface area contributed by atoms with Crippen molar-refractivity contribution in [3.8, 4) is 11.4 Å². The highest BCUT2D eigenvalue weighted by Crippen LogP contribution is 2.29. The van der Waals surface area contributed by atoms with E-state index in [-0.39, 0.29) is 11.7 Å². The van der Waals surface area contributed by atoms with E-state index in [1.807, 2.05) is 37.4 Å². The second-order valence-electron chi connectivity index (χ2n) is 7.48. The number of para-hydroxylation sites is 2. The summed E-state index contributed by atoms with van der Waals surface area (Å²) in [5.74, 6) is 2.31. The van der Waals surface area contributed by atoms with Crippen LogP contribution in [0.1, 0.15) is 18.4 Å². The maximum atomic E-state index is 11.5. The van der Waals surface area contributed by atoms with Gasteiger partial charge in [0.2, 0.25) is 0 Å². The summed E-state index contributed by atoms with van der Waals surface area (Å²) in [5, 5.41) is 0. The second-order valence-corrected chi connectivity index (χ2v) is 9.67. The van der Waals surface area contributed by atoms with Crippen LogP contribution in [0, 0.1) is 12.8 Å². The first-order chi connectivity index (χ1) is 12.9. The van der Waals surface area contributed by atoms with Crippen LogP contribution < -0.4 is 4.90 Å². The lowest BCUT2D eigenvalue weighted by Crippen LogP contribution is -2.36. The zero-order chi connectivity index (χ0) is 19.0. The number of piperidine rings is 1. The molecule has 142 valence electrons. The van der Waals surface area contributed by atoms with Crippen molar-refractivity contribution >= 4 is 26.7 Å². The van der Waals surface area contributed by atoms with Crippen molar-refractivity contribution in [3.63, 3.8) is 0 Å². The van der Waals surface area contributed by atoms with Gasteiger partial charge < -0.3 is 9.88 Å². The average molecular weight is 385 g/mol. The van der Waals surface area contributed by atoms with Gasteiger partial charge in [-0.05, 0) is 49.4 Å². The number of nitrogens with one attached hydrogen (secondary N) is 1. The van der Waals surface area contributed by atoms with E-state index in [1.165, 1.54) is 6.26 Å². The van der Waals surface area contributed by atoms with Crippen molar-refractivity contribution in [3.05, 3.63) is 42.1 Å². The molecular weight excluding hydrogens is 360 g/mol. The molecule has 7 heteroatoms. The first kappa shape index (κ1) is 18.0. The second kappa shape index (κ2) is 6.96. The van der Waals surface area contributed by atoms with Crippen LogP contribution in [-0.2, 0) is 9.84 Å². The van der Waals surface area contributed by atoms with E-state index < -0.39 is 9.84 Å². The maximum Gasteiger partial charge on any atom is 0.147 e. The van der Waals surface area contributed by atoms with Crippen LogP contribution in [0.5, 0.6) is 0 Å². The number of aryl methyl sites for hydroxylation is 1. The molecule has 4 rings (SSSR count). The lowest BCUT2D eigenvalue weighted by molar-refractivity contribution is 0.435. The Morgan fingerprint density at radius 1 is 1.22 bits per heavy atom. The zero-order valence-electron chi connectivity index (χ0n) is 15.6. The molecule has 27 heavy (non-hydrogen) atoms. The average Bonchev–Trinajstić information content (AvgIpc) is 3.05. The molecule has 2 aromatic heterocycles. The monoisotopic (exact) mass is 384 g/mol. The smallest absolute Gasteiger partial charge is 0.147 e. The summed E-state index contributed by atoms with van der Waals surface area (Å²) < 4.78 is 23.1. The summed E-state index contributed by atoms with van der Waals surface area (Å²) in [6.45, 7) is 3.70. The number of pyridine rings is 1. The fourth-order valence-corrected chi connectivity index (χ4v) is 4.97. The van der Waals surface area contributed by atoms with Crippen LogP contribution in [0.15, 0.2) is 36.5 Å². The molecule has 1 saturated heterocycles. The molecule has 0 saturated carbocycles. The zero-order valence-corrected chi connectivity index (χ0v) is 16.5. The first-order valence-corrected chi connectivity index (χ1v) is 11.3. The standard InChI is InChI=1S/C20H24N4O2S/c1-14-12-21-19(24-9-7-15(8-10-24)13-27(2,25)26)11-16(14)20-22-17-5-3-4-6-18(17)23-20/h3-6,11-12,15H,7-10,13H2,1-2H3,(H,22,23). The van der Waals surface area contributed by atoms with E-state index in [9.17, 15) is 8.42 Å². The Labute approximate surface area is 159 Å². The Morgan fingerprint density at radius 3 is 2.67 bits per heavy atom. The van der Waals surface area contributed by atoms with Gasteiger partial charge in [-0.3, -0.25) is 0 Å². The molecule has 1 aliphatic heterocycles. The molecule has 0 amide bonds. The van der Waals surface area contributed by atoms with Crippen molar-refractivity contribution in [2.45, 2.75) is 19.8 Å². The van der Waals surface area contributed by atoms with E-state index in [0.29, 0.717) is 0 Å². The van der Waals surface area contributed by atoms with E-state index in [0.717, 1.165) is 59.7 Å². The predicted octanol–water partition coefficient (Wildman–Crippen LogP) is 3.19. The Hall–Kier alpha value is -2.41. The van der Waals surface area contributed by atoms with Gasteiger partial charge in [-0.15, -0.1) is 0 Å². The molecule has 1 aromatic carbocycles. The summed E-state index contributed by atoms with van der Waals surface area (Å²) in [5.41, 5.74) is 4.10. The molecule has 1 aliphatic rings. The Morgan fingerprint density at radius 2 is 1.96 bits per heavy atom. The number of hydrogen-bond donors (Lipinski definition) is 1. The number of anilines is 1. The Bertz CT molecular complexity index is 1030. The summed E-state index contributed by atoms with van der Waals surface area (Å²) >= 11 is 0. The number of fused-ring (bicyclic) bond motifs is 1. The molecule has 1 fully saturated rings. The fourth-order valence-electron chi connectivity index (χ4n) is 3.78. The van der Waals surface area contributed by atoms with Gasteiger partial charge in [0.15, 0.2) is 0 Å². The normalized spacial score (nSPS) is 16.1. The van der Waals surface area contributed by atoms with Gasteiger partial charge in [0, 0.05) is 31.1 Å². The van der Waals surface area contributed by atoms with Crippen molar-refractivity contribution in [1.82, 2.24) is 15.0 Å². The van der Waals surface area contributed by atoms with Crippen LogP contribution in [0.3, 0.4) is 0 Å². The molecule has 1 N–H and O–H groups in total. The number of nitrogens with zero attached hydrogens (tertiary/aromatic N) is 3. The highest BCUT2D eigenvalue weighted by Gasteiger charge is 2.23. The van der Waals surface area contributed by atoms with Gasteiger partial charge in [0.25, 0.3) is 0 Å². The van der Waals surface area contributed by atoms with E-state index in [1.54, 1.807) is 0 Å². The topological polar surface area (TPSA) is 79.0 Å². The number of hydrogen-bond acceptors (Lipinski definition) is 5. The van der Waals surface area contributed by atoms with Gasteiger partial charge in [0.05, 0.1) is 16.8 Å². The number of sulfone groups is 1. The molecule has 0 atom stereocenters. The number of H-pyrrole nitrogens is 1. The molecule has 0 bridgehead atoms.